The molecule has 1 aliphatic carbocycles. The van der Waals surface area contributed by atoms with Crippen molar-refractivity contribution in [2.45, 2.75) is 32.2 Å². The lowest BCUT2D eigenvalue weighted by Crippen LogP contribution is -2.22. The SMILES string of the molecule is Cn1nccc1CNCC1CCCC1. The van der Waals surface area contributed by atoms with E-state index in [0.29, 0.717) is 0 Å². The summed E-state index contributed by atoms with van der Waals surface area (Å²) in [6.45, 7) is 2.12. The maximum absolute atomic E-state index is 4.14. The summed E-state index contributed by atoms with van der Waals surface area (Å²) in [4.78, 5) is 0. The van der Waals surface area contributed by atoms with Crippen LogP contribution in [0.15, 0.2) is 12.3 Å². The van der Waals surface area contributed by atoms with E-state index in [1.54, 1.807) is 0 Å². The zero-order valence-corrected chi connectivity index (χ0v) is 8.87. The van der Waals surface area contributed by atoms with Gasteiger partial charge in [0.15, 0.2) is 0 Å². The minimum Gasteiger partial charge on any atom is -0.311 e. The number of rotatable bonds is 4. The number of aromatic nitrogens is 2. The fourth-order valence-corrected chi connectivity index (χ4v) is 2.19. The van der Waals surface area contributed by atoms with Gasteiger partial charge in [-0.2, -0.15) is 5.10 Å². The van der Waals surface area contributed by atoms with E-state index in [0.717, 1.165) is 12.5 Å². The van der Waals surface area contributed by atoms with Crippen molar-refractivity contribution in [1.29, 1.82) is 0 Å². The standard InChI is InChI=1S/C11H19N3/c1-14-11(6-7-13-14)9-12-8-10-4-2-3-5-10/h6-7,10,12H,2-5,8-9H2,1H3. The molecule has 1 aromatic rings. The van der Waals surface area contributed by atoms with E-state index >= 15 is 0 Å². The van der Waals surface area contributed by atoms with Crippen LogP contribution in [0.5, 0.6) is 0 Å². The number of hydrogen-bond acceptors (Lipinski definition) is 2. The topological polar surface area (TPSA) is 29.9 Å². The van der Waals surface area contributed by atoms with Crippen LogP contribution in [0.2, 0.25) is 0 Å². The van der Waals surface area contributed by atoms with E-state index in [4.69, 9.17) is 0 Å². The molecule has 0 amide bonds. The molecular weight excluding hydrogens is 174 g/mol. The van der Waals surface area contributed by atoms with Crippen molar-refractivity contribution in [3.8, 4) is 0 Å². The van der Waals surface area contributed by atoms with Gasteiger partial charge in [0.1, 0.15) is 0 Å². The Balaban J connectivity index is 1.70. The van der Waals surface area contributed by atoms with Gasteiger partial charge in [0, 0.05) is 19.8 Å². The first-order chi connectivity index (χ1) is 6.86. The van der Waals surface area contributed by atoms with Crippen LogP contribution < -0.4 is 5.32 Å². The monoisotopic (exact) mass is 193 g/mol. The Hall–Kier alpha value is -0.830. The normalized spacial score (nSPS) is 17.8. The molecule has 3 nitrogen and oxygen atoms in total. The van der Waals surface area contributed by atoms with E-state index in [2.05, 4.69) is 16.5 Å². The lowest BCUT2D eigenvalue weighted by atomic mass is 10.1. The first-order valence-electron chi connectivity index (χ1n) is 5.54. The van der Waals surface area contributed by atoms with Gasteiger partial charge in [-0.05, 0) is 31.4 Å². The van der Waals surface area contributed by atoms with Gasteiger partial charge in [-0.25, -0.2) is 0 Å². The summed E-state index contributed by atoms with van der Waals surface area (Å²) in [5.41, 5.74) is 1.27. The highest BCUT2D eigenvalue weighted by Crippen LogP contribution is 2.23. The second kappa shape index (κ2) is 4.60. The molecule has 0 aliphatic heterocycles. The van der Waals surface area contributed by atoms with Crippen molar-refractivity contribution in [3.63, 3.8) is 0 Å². The third-order valence-corrected chi connectivity index (χ3v) is 3.14. The number of nitrogens with one attached hydrogen (secondary N) is 1. The molecule has 0 saturated heterocycles. The molecule has 0 atom stereocenters. The Morgan fingerprint density at radius 1 is 1.50 bits per heavy atom. The molecule has 1 N–H and O–H groups in total. The first-order valence-corrected chi connectivity index (χ1v) is 5.54. The highest BCUT2D eigenvalue weighted by Gasteiger charge is 2.14. The summed E-state index contributed by atoms with van der Waals surface area (Å²) in [5, 5.41) is 7.65. The van der Waals surface area contributed by atoms with E-state index in [1.165, 1.54) is 37.9 Å². The average molecular weight is 193 g/mol. The number of nitrogens with zero attached hydrogens (tertiary/aromatic N) is 2. The predicted octanol–water partition coefficient (Wildman–Crippen LogP) is 1.70. The Labute approximate surface area is 85.5 Å². The minimum atomic E-state index is 0.920. The summed E-state index contributed by atoms with van der Waals surface area (Å²) in [6.07, 6.45) is 7.54. The maximum atomic E-state index is 4.14. The quantitative estimate of drug-likeness (QED) is 0.788. The summed E-state index contributed by atoms with van der Waals surface area (Å²) in [5.74, 6) is 0.920. The Bertz CT molecular complexity index is 274. The van der Waals surface area contributed by atoms with Gasteiger partial charge in [0.25, 0.3) is 0 Å². The summed E-state index contributed by atoms with van der Waals surface area (Å²) in [6, 6.07) is 2.07. The van der Waals surface area contributed by atoms with Crippen molar-refractivity contribution < 1.29 is 0 Å². The van der Waals surface area contributed by atoms with Gasteiger partial charge in [-0.3, -0.25) is 4.68 Å². The number of hydrogen-bond donors (Lipinski definition) is 1. The lowest BCUT2D eigenvalue weighted by molar-refractivity contribution is 0.481. The highest BCUT2D eigenvalue weighted by atomic mass is 15.3. The lowest BCUT2D eigenvalue weighted by Gasteiger charge is -2.10. The Morgan fingerprint density at radius 3 is 2.93 bits per heavy atom. The van der Waals surface area contributed by atoms with Crippen molar-refractivity contribution in [2.24, 2.45) is 13.0 Å². The minimum absolute atomic E-state index is 0.920. The molecule has 0 radical (unpaired) electrons. The molecule has 78 valence electrons. The van der Waals surface area contributed by atoms with Crippen molar-refractivity contribution in [1.82, 2.24) is 15.1 Å². The molecule has 0 unspecified atom stereocenters. The van der Waals surface area contributed by atoms with Gasteiger partial charge in [-0.15, -0.1) is 0 Å². The van der Waals surface area contributed by atoms with Crippen LogP contribution in [0, 0.1) is 5.92 Å². The molecule has 1 heterocycles. The van der Waals surface area contributed by atoms with Crippen molar-refractivity contribution >= 4 is 0 Å². The van der Waals surface area contributed by atoms with Gasteiger partial charge in [-0.1, -0.05) is 12.8 Å². The van der Waals surface area contributed by atoms with Gasteiger partial charge in [0.2, 0.25) is 0 Å². The van der Waals surface area contributed by atoms with Crippen LogP contribution in [0.4, 0.5) is 0 Å². The fourth-order valence-electron chi connectivity index (χ4n) is 2.19. The zero-order chi connectivity index (χ0) is 9.80. The van der Waals surface area contributed by atoms with Crippen LogP contribution >= 0.6 is 0 Å². The van der Waals surface area contributed by atoms with Crippen LogP contribution in [-0.2, 0) is 13.6 Å². The Kier molecular flexibility index (Phi) is 3.19. The second-order valence-electron chi connectivity index (χ2n) is 4.23. The van der Waals surface area contributed by atoms with Gasteiger partial charge < -0.3 is 5.32 Å². The second-order valence-corrected chi connectivity index (χ2v) is 4.23. The van der Waals surface area contributed by atoms with Crippen molar-refractivity contribution in [3.05, 3.63) is 18.0 Å². The Morgan fingerprint density at radius 2 is 2.29 bits per heavy atom. The molecule has 1 saturated carbocycles. The molecule has 1 aliphatic rings. The summed E-state index contributed by atoms with van der Waals surface area (Å²) >= 11 is 0. The fraction of sp³-hybridized carbons (Fsp3) is 0.727. The third-order valence-electron chi connectivity index (χ3n) is 3.14. The summed E-state index contributed by atoms with van der Waals surface area (Å²) in [7, 11) is 1.99. The van der Waals surface area contributed by atoms with Crippen LogP contribution in [0.25, 0.3) is 0 Å². The number of aryl methyl sites for hydroxylation is 1. The van der Waals surface area contributed by atoms with E-state index in [1.807, 2.05) is 17.9 Å². The molecule has 1 fully saturated rings. The van der Waals surface area contributed by atoms with Crippen molar-refractivity contribution in [2.75, 3.05) is 6.54 Å². The zero-order valence-electron chi connectivity index (χ0n) is 8.87. The maximum Gasteiger partial charge on any atom is 0.0518 e. The van der Waals surface area contributed by atoms with Crippen LogP contribution in [-0.4, -0.2) is 16.3 Å². The predicted molar refractivity (Wildman–Crippen MR) is 56.9 cm³/mol. The summed E-state index contributed by atoms with van der Waals surface area (Å²) < 4.78 is 1.93. The average Bonchev–Trinajstić information content (AvgIpc) is 2.78. The molecule has 3 heteroatoms. The molecule has 14 heavy (non-hydrogen) atoms. The molecule has 0 spiro atoms. The van der Waals surface area contributed by atoms with Gasteiger partial charge in [0.05, 0.1) is 5.69 Å². The third kappa shape index (κ3) is 2.35. The largest absolute Gasteiger partial charge is 0.311 e. The molecule has 1 aromatic heterocycles. The molecule has 0 bridgehead atoms. The van der Waals surface area contributed by atoms with Crippen LogP contribution in [0.3, 0.4) is 0 Å². The first kappa shape index (κ1) is 9.71. The van der Waals surface area contributed by atoms with E-state index in [-0.39, 0.29) is 0 Å². The molecule has 0 aromatic carbocycles. The van der Waals surface area contributed by atoms with Crippen LogP contribution in [0.1, 0.15) is 31.4 Å². The highest BCUT2D eigenvalue weighted by molar-refractivity contribution is 4.99. The van der Waals surface area contributed by atoms with E-state index < -0.39 is 0 Å². The molecular formula is C11H19N3. The van der Waals surface area contributed by atoms with E-state index in [9.17, 15) is 0 Å². The molecule has 2 rings (SSSR count). The van der Waals surface area contributed by atoms with Gasteiger partial charge >= 0.3 is 0 Å². The smallest absolute Gasteiger partial charge is 0.0518 e.